The number of thiazole rings is 2. The standard InChI is InChI=1S/C24H30N4OS.C21H20N4O5S2.Ni/c1-5-28-11-7-6-8-17-13-19(21(29)14-20(17)28)26-27-23-25-18-10-9-16(12-22(18)30-23)15-24(2,3)4;1-30-20(26)13-6-7-15-17(11-13)31-21(22-15)24-23-16-10-12-4-2-8-25-9-3-5-14(18(12)25)19(16)32(27,28)29;/h9-10,12-14,29H,5-8,11,15H2,1-4H3;6-7,10-11H,2-5,8-9H2,1H3,(H,27,28,29);. The Kier molecular flexibility index (Phi) is 14.0. The second-order valence-electron chi connectivity index (χ2n) is 17.0. The molecule has 0 bridgehead atoms. The Morgan fingerprint density at radius 1 is 0.810 bits per heavy atom. The summed E-state index contributed by atoms with van der Waals surface area (Å²) in [5.41, 5.74) is 9.11. The molecular weight excluding hydrogens is 903 g/mol. The van der Waals surface area contributed by atoms with E-state index in [4.69, 9.17) is 4.74 Å². The molecule has 0 aliphatic carbocycles. The first-order valence-corrected chi connectivity index (χ1v) is 24.0. The van der Waals surface area contributed by atoms with Gasteiger partial charge in [-0.05, 0) is 128 Å². The summed E-state index contributed by atoms with van der Waals surface area (Å²) in [6.45, 7) is 12.6. The van der Waals surface area contributed by atoms with Crippen LogP contribution in [0.3, 0.4) is 0 Å². The molecule has 18 heteroatoms. The second-order valence-corrected chi connectivity index (χ2v) is 20.4. The van der Waals surface area contributed by atoms with Gasteiger partial charge in [-0.1, -0.05) is 49.5 Å². The zero-order chi connectivity index (χ0) is 43.8. The third-order valence-corrected chi connectivity index (χ3v) is 14.0. The maximum Gasteiger partial charge on any atom is 0.337 e. The number of aromatic nitrogens is 2. The van der Waals surface area contributed by atoms with Gasteiger partial charge in [-0.25, -0.2) is 14.8 Å². The Balaban J connectivity index is 0.000000186. The van der Waals surface area contributed by atoms with Gasteiger partial charge in [-0.15, -0.1) is 20.5 Å². The number of carbonyl (C=O) groups is 1. The fourth-order valence-corrected chi connectivity index (χ4v) is 11.1. The minimum absolute atomic E-state index is 0. The van der Waals surface area contributed by atoms with Crippen LogP contribution in [0.5, 0.6) is 5.75 Å². The van der Waals surface area contributed by atoms with Crippen LogP contribution in [0, 0.1) is 5.41 Å². The van der Waals surface area contributed by atoms with Crippen molar-refractivity contribution in [2.45, 2.75) is 84.0 Å². The number of phenols is 1. The molecule has 0 amide bonds. The first-order chi connectivity index (χ1) is 29.7. The van der Waals surface area contributed by atoms with Gasteiger partial charge in [0.05, 0.1) is 33.1 Å². The van der Waals surface area contributed by atoms with Crippen molar-refractivity contribution in [3.63, 3.8) is 0 Å². The Bertz CT molecular complexity index is 2850. The number of fused-ring (bicyclic) bond motifs is 3. The number of ether oxygens (including phenoxy) is 1. The van der Waals surface area contributed by atoms with Gasteiger partial charge in [0.15, 0.2) is 0 Å². The Morgan fingerprint density at radius 3 is 2.11 bits per heavy atom. The van der Waals surface area contributed by atoms with Crippen molar-refractivity contribution in [2.75, 3.05) is 43.1 Å². The third-order valence-electron chi connectivity index (χ3n) is 11.2. The van der Waals surface area contributed by atoms with Gasteiger partial charge in [0.2, 0.25) is 10.3 Å². The summed E-state index contributed by atoms with van der Waals surface area (Å²) in [4.78, 5) is 25.1. The number of methoxy groups -OCH3 is 1. The molecule has 14 nitrogen and oxygen atoms in total. The molecule has 2 N–H and O–H groups in total. The first kappa shape index (κ1) is 46.1. The van der Waals surface area contributed by atoms with Crippen molar-refractivity contribution >= 4 is 92.2 Å². The maximum absolute atomic E-state index is 12.3. The van der Waals surface area contributed by atoms with E-state index in [1.54, 1.807) is 24.3 Å². The molecule has 9 rings (SSSR count). The predicted molar refractivity (Wildman–Crippen MR) is 246 cm³/mol. The Morgan fingerprint density at radius 2 is 1.44 bits per heavy atom. The largest absolute Gasteiger partial charge is 0.506 e. The van der Waals surface area contributed by atoms with E-state index in [1.165, 1.54) is 47.3 Å². The van der Waals surface area contributed by atoms with Crippen molar-refractivity contribution < 1.29 is 44.1 Å². The molecule has 0 saturated carbocycles. The molecule has 0 fully saturated rings. The fourth-order valence-electron chi connectivity index (χ4n) is 8.54. The molecule has 334 valence electrons. The number of phenolic OH excluding ortho intramolecular Hbond substituents is 1. The van der Waals surface area contributed by atoms with Crippen LogP contribution >= 0.6 is 22.7 Å². The van der Waals surface area contributed by atoms with Gasteiger partial charge in [0.25, 0.3) is 10.1 Å². The van der Waals surface area contributed by atoms with Crippen LogP contribution < -0.4 is 9.80 Å². The molecule has 4 aromatic carbocycles. The minimum atomic E-state index is -4.50. The van der Waals surface area contributed by atoms with Gasteiger partial charge in [-0.2, -0.15) is 8.42 Å². The number of carbonyl (C=O) groups excluding carboxylic acids is 1. The molecular formula is C45H50N8NiO6S3. The van der Waals surface area contributed by atoms with Crippen molar-refractivity contribution in [2.24, 2.45) is 25.9 Å². The number of nitrogens with zero attached hydrogens (tertiary/aromatic N) is 8. The molecule has 0 spiro atoms. The van der Waals surface area contributed by atoms with E-state index in [-0.39, 0.29) is 38.2 Å². The van der Waals surface area contributed by atoms with E-state index in [9.17, 15) is 22.9 Å². The molecule has 0 atom stereocenters. The van der Waals surface area contributed by atoms with E-state index in [0.29, 0.717) is 39.0 Å². The average molecular weight is 954 g/mol. The molecule has 3 aliphatic rings. The summed E-state index contributed by atoms with van der Waals surface area (Å²) in [5, 5.41) is 28.5. The number of esters is 1. The average Bonchev–Trinajstić information content (AvgIpc) is 3.78. The first-order valence-electron chi connectivity index (χ1n) is 20.9. The molecule has 5 heterocycles. The number of aromatic hydroxyl groups is 1. The van der Waals surface area contributed by atoms with Gasteiger partial charge in [-0.3, -0.25) is 4.55 Å². The normalized spacial score (nSPS) is 15.2. The van der Waals surface area contributed by atoms with E-state index in [0.717, 1.165) is 96.6 Å². The van der Waals surface area contributed by atoms with Crippen molar-refractivity contribution in [3.8, 4) is 5.75 Å². The number of hydrogen-bond acceptors (Lipinski definition) is 15. The number of azo groups is 2. The molecule has 63 heavy (non-hydrogen) atoms. The smallest absolute Gasteiger partial charge is 0.337 e. The number of aryl methyl sites for hydroxylation is 2. The number of rotatable bonds is 8. The summed E-state index contributed by atoms with van der Waals surface area (Å²) >= 11 is 2.76. The van der Waals surface area contributed by atoms with E-state index >= 15 is 0 Å². The summed E-state index contributed by atoms with van der Waals surface area (Å²) in [5.74, 6) is -0.273. The van der Waals surface area contributed by atoms with Crippen LogP contribution in [-0.4, -0.2) is 67.3 Å². The van der Waals surface area contributed by atoms with Gasteiger partial charge in [0, 0.05) is 60.1 Å². The predicted octanol–water partition coefficient (Wildman–Crippen LogP) is 11.6. The van der Waals surface area contributed by atoms with Gasteiger partial charge in [0.1, 0.15) is 22.0 Å². The van der Waals surface area contributed by atoms with Crippen molar-refractivity contribution in [3.05, 3.63) is 82.4 Å². The minimum Gasteiger partial charge on any atom is -0.506 e. The summed E-state index contributed by atoms with van der Waals surface area (Å²) in [7, 11) is -3.18. The van der Waals surface area contributed by atoms with Gasteiger partial charge < -0.3 is 19.6 Å². The second kappa shape index (κ2) is 19.1. The van der Waals surface area contributed by atoms with Crippen LogP contribution in [0.1, 0.15) is 86.0 Å². The van der Waals surface area contributed by atoms with E-state index in [2.05, 4.69) is 86.1 Å². The van der Waals surface area contributed by atoms with Crippen LogP contribution in [0.4, 0.5) is 33.0 Å². The van der Waals surface area contributed by atoms with Crippen molar-refractivity contribution in [1.29, 1.82) is 0 Å². The topological polar surface area (TPSA) is 183 Å². The summed E-state index contributed by atoms with van der Waals surface area (Å²) < 4.78 is 41.2. The van der Waals surface area contributed by atoms with E-state index in [1.807, 2.05) is 12.1 Å². The quantitative estimate of drug-likeness (QED) is 0.0644. The zero-order valence-corrected chi connectivity index (χ0v) is 39.3. The maximum atomic E-state index is 12.3. The molecule has 6 aromatic rings. The van der Waals surface area contributed by atoms with Crippen LogP contribution in [0.15, 0.2) is 79.9 Å². The van der Waals surface area contributed by atoms with Crippen molar-refractivity contribution in [1.82, 2.24) is 9.97 Å². The monoisotopic (exact) mass is 952 g/mol. The third kappa shape index (κ3) is 10.4. The molecule has 2 aromatic heterocycles. The Labute approximate surface area is 385 Å². The molecule has 0 saturated heterocycles. The number of anilines is 2. The zero-order valence-electron chi connectivity index (χ0n) is 35.8. The van der Waals surface area contributed by atoms with Crippen LogP contribution in [0.2, 0.25) is 0 Å². The Hall–Kier alpha value is -4.87. The molecule has 0 radical (unpaired) electrons. The SMILES string of the molecule is CCN1CCCCc2cc(N=Nc3nc4ccc(CC(C)(C)C)cc4s3)c(O)cc21.COC(=O)c1ccc2nc(N=Nc3cc4c5c(c3S(=O)(=O)O)CCCN5CCC4)sc2c1.[Ni]. The molecule has 0 unspecified atom stereocenters. The van der Waals surface area contributed by atoms with Crippen LogP contribution in [-0.2, 0) is 57.0 Å². The summed E-state index contributed by atoms with van der Waals surface area (Å²) in [6.07, 6.45) is 7.54. The van der Waals surface area contributed by atoms with Gasteiger partial charge >= 0.3 is 5.97 Å². The summed E-state index contributed by atoms with van der Waals surface area (Å²) in [6, 6.07) is 16.9. The molecule has 3 aliphatic heterocycles. The van der Waals surface area contributed by atoms with Crippen LogP contribution in [0.25, 0.3) is 20.4 Å². The fraction of sp³-hybridized carbons (Fsp3) is 0.400. The number of benzene rings is 4. The number of hydrogen-bond donors (Lipinski definition) is 2. The van der Waals surface area contributed by atoms with E-state index < -0.39 is 16.1 Å².